The molecule has 1 spiro atoms. The molecule has 7 nitrogen and oxygen atoms in total. The van der Waals surface area contributed by atoms with E-state index in [9.17, 15) is 14.4 Å². The lowest BCUT2D eigenvalue weighted by Crippen LogP contribution is -2.45. The molecular weight excluding hydrogens is 380 g/mol. The van der Waals surface area contributed by atoms with E-state index in [4.69, 9.17) is 0 Å². The van der Waals surface area contributed by atoms with Crippen molar-refractivity contribution >= 4 is 17.8 Å². The number of carbonyl (C=O) groups excluding carboxylic acids is 3. The quantitative estimate of drug-likeness (QED) is 0.717. The van der Waals surface area contributed by atoms with Crippen LogP contribution in [0.25, 0.3) is 0 Å². The maximum atomic E-state index is 13.2. The molecule has 156 valence electrons. The molecule has 7 heteroatoms. The van der Waals surface area contributed by atoms with Gasteiger partial charge in [0, 0.05) is 6.54 Å². The lowest BCUT2D eigenvalue weighted by Gasteiger charge is -2.25. The predicted molar refractivity (Wildman–Crippen MR) is 113 cm³/mol. The van der Waals surface area contributed by atoms with Gasteiger partial charge in [0.05, 0.1) is 6.04 Å². The summed E-state index contributed by atoms with van der Waals surface area (Å²) in [6.45, 7) is 0.0942. The minimum Gasteiger partial charge on any atom is -0.353 e. The summed E-state index contributed by atoms with van der Waals surface area (Å²) in [5, 5.41) is 5.72. The van der Waals surface area contributed by atoms with Gasteiger partial charge in [0.15, 0.2) is 0 Å². The highest BCUT2D eigenvalue weighted by atomic mass is 16.2. The van der Waals surface area contributed by atoms with Crippen molar-refractivity contribution in [3.05, 3.63) is 71.3 Å². The van der Waals surface area contributed by atoms with Crippen molar-refractivity contribution in [1.29, 1.82) is 0 Å². The van der Waals surface area contributed by atoms with Gasteiger partial charge in [-0.3, -0.25) is 14.5 Å². The molecule has 2 aliphatic rings. The molecule has 1 fully saturated rings. The summed E-state index contributed by atoms with van der Waals surface area (Å²) in [6.07, 6.45) is 1.25. The standard InChI is InChI=1S/C23H26N4O3/c1-26(2)19(17-9-4-3-5-10-17)14-24-20(28)15-27-21(29)23(25-22(27)30)13-12-16-8-6-7-11-18(16)23/h3-11,19H,12-15H2,1-2H3,(H,24,28)(H,25,30). The summed E-state index contributed by atoms with van der Waals surface area (Å²) in [5.74, 6) is -0.704. The van der Waals surface area contributed by atoms with Gasteiger partial charge in [-0.25, -0.2) is 4.79 Å². The SMILES string of the molecule is CN(C)C(CNC(=O)CN1C(=O)NC2(CCc3ccccc32)C1=O)c1ccccc1. The Labute approximate surface area is 176 Å². The van der Waals surface area contributed by atoms with Gasteiger partial charge in [-0.1, -0.05) is 54.6 Å². The van der Waals surface area contributed by atoms with Crippen molar-refractivity contribution < 1.29 is 14.4 Å². The van der Waals surface area contributed by atoms with Gasteiger partial charge < -0.3 is 15.5 Å². The average molecular weight is 406 g/mol. The number of hydrogen-bond acceptors (Lipinski definition) is 4. The highest BCUT2D eigenvalue weighted by Gasteiger charge is 2.55. The maximum Gasteiger partial charge on any atom is 0.325 e. The number of hydrogen-bond donors (Lipinski definition) is 2. The normalized spacial score (nSPS) is 21.1. The van der Waals surface area contributed by atoms with Gasteiger partial charge in [0.25, 0.3) is 5.91 Å². The summed E-state index contributed by atoms with van der Waals surface area (Å²) in [6, 6.07) is 17.0. The van der Waals surface area contributed by atoms with Crippen LogP contribution in [-0.4, -0.2) is 54.8 Å². The molecule has 4 rings (SSSR count). The number of nitrogens with zero attached hydrogens (tertiary/aromatic N) is 2. The van der Waals surface area contributed by atoms with Crippen molar-refractivity contribution in [1.82, 2.24) is 20.4 Å². The fourth-order valence-corrected chi connectivity index (χ4v) is 4.42. The van der Waals surface area contributed by atoms with Crippen LogP contribution in [0.2, 0.25) is 0 Å². The minimum atomic E-state index is -1.04. The van der Waals surface area contributed by atoms with E-state index in [0.717, 1.165) is 28.0 Å². The second-order valence-electron chi connectivity index (χ2n) is 8.08. The number of rotatable bonds is 6. The first kappa shape index (κ1) is 20.1. The van der Waals surface area contributed by atoms with Gasteiger partial charge in [-0.2, -0.15) is 0 Å². The van der Waals surface area contributed by atoms with E-state index in [1.807, 2.05) is 73.6 Å². The van der Waals surface area contributed by atoms with Gasteiger partial charge >= 0.3 is 6.03 Å². The largest absolute Gasteiger partial charge is 0.353 e. The summed E-state index contributed by atoms with van der Waals surface area (Å²) in [7, 11) is 3.89. The van der Waals surface area contributed by atoms with Crippen molar-refractivity contribution in [3.63, 3.8) is 0 Å². The topological polar surface area (TPSA) is 81.8 Å². The molecule has 2 N–H and O–H groups in total. The molecule has 1 saturated heterocycles. The van der Waals surface area contributed by atoms with Gasteiger partial charge in [-0.15, -0.1) is 0 Å². The Morgan fingerprint density at radius 1 is 1.13 bits per heavy atom. The molecule has 1 aliphatic heterocycles. The Morgan fingerprint density at radius 2 is 1.83 bits per heavy atom. The maximum absolute atomic E-state index is 13.2. The molecule has 2 aromatic carbocycles. The number of urea groups is 1. The second kappa shape index (κ2) is 7.91. The fraction of sp³-hybridized carbons (Fsp3) is 0.348. The fourth-order valence-electron chi connectivity index (χ4n) is 4.42. The number of carbonyl (C=O) groups is 3. The van der Waals surface area contributed by atoms with Crippen LogP contribution < -0.4 is 10.6 Å². The zero-order chi connectivity index (χ0) is 21.3. The molecule has 0 aromatic heterocycles. The number of aryl methyl sites for hydroxylation is 1. The third-order valence-electron chi connectivity index (χ3n) is 6.02. The third kappa shape index (κ3) is 3.45. The smallest absolute Gasteiger partial charge is 0.325 e. The average Bonchev–Trinajstić information content (AvgIpc) is 3.22. The van der Waals surface area contributed by atoms with Gasteiger partial charge in [0.2, 0.25) is 5.91 Å². The number of benzene rings is 2. The molecule has 0 radical (unpaired) electrons. The van der Waals surface area contributed by atoms with Crippen LogP contribution in [0, 0.1) is 0 Å². The van der Waals surface area contributed by atoms with E-state index in [1.54, 1.807) is 0 Å². The van der Waals surface area contributed by atoms with Crippen LogP contribution in [0.1, 0.15) is 29.2 Å². The molecule has 2 aromatic rings. The van der Waals surface area contributed by atoms with Gasteiger partial charge in [-0.05, 0) is 43.6 Å². The molecule has 2 atom stereocenters. The number of likely N-dealkylation sites (N-methyl/N-ethyl adjacent to an activating group) is 1. The van der Waals surface area contributed by atoms with Crippen LogP contribution in [0.5, 0.6) is 0 Å². The van der Waals surface area contributed by atoms with E-state index in [-0.39, 0.29) is 24.4 Å². The van der Waals surface area contributed by atoms with Crippen molar-refractivity contribution in [2.24, 2.45) is 0 Å². The van der Waals surface area contributed by atoms with E-state index in [0.29, 0.717) is 13.0 Å². The van der Waals surface area contributed by atoms with Crippen LogP contribution in [0.15, 0.2) is 54.6 Å². The minimum absolute atomic E-state index is 0.00805. The Hall–Kier alpha value is -3.19. The van der Waals surface area contributed by atoms with E-state index in [2.05, 4.69) is 10.6 Å². The number of imide groups is 1. The Kier molecular flexibility index (Phi) is 5.30. The molecule has 4 amide bonds. The van der Waals surface area contributed by atoms with E-state index >= 15 is 0 Å². The first-order valence-corrected chi connectivity index (χ1v) is 10.1. The van der Waals surface area contributed by atoms with Crippen molar-refractivity contribution in [2.45, 2.75) is 24.4 Å². The molecule has 1 heterocycles. The first-order chi connectivity index (χ1) is 14.4. The molecule has 0 saturated carbocycles. The third-order valence-corrected chi connectivity index (χ3v) is 6.02. The zero-order valence-electron chi connectivity index (χ0n) is 17.2. The number of fused-ring (bicyclic) bond motifs is 2. The Bertz CT molecular complexity index is 975. The summed E-state index contributed by atoms with van der Waals surface area (Å²) in [5.41, 5.74) is 1.95. The van der Waals surface area contributed by atoms with Crippen molar-refractivity contribution in [2.75, 3.05) is 27.2 Å². The first-order valence-electron chi connectivity index (χ1n) is 10.1. The Morgan fingerprint density at radius 3 is 2.57 bits per heavy atom. The molecule has 0 bridgehead atoms. The number of nitrogens with one attached hydrogen (secondary N) is 2. The zero-order valence-corrected chi connectivity index (χ0v) is 17.2. The predicted octanol–water partition coefficient (Wildman–Crippen LogP) is 1.80. The van der Waals surface area contributed by atoms with Crippen LogP contribution in [0.3, 0.4) is 0 Å². The second-order valence-corrected chi connectivity index (χ2v) is 8.08. The lowest BCUT2D eigenvalue weighted by atomic mass is 9.92. The summed E-state index contributed by atoms with van der Waals surface area (Å²) >= 11 is 0. The van der Waals surface area contributed by atoms with E-state index in [1.165, 1.54) is 0 Å². The molecule has 30 heavy (non-hydrogen) atoms. The summed E-state index contributed by atoms with van der Waals surface area (Å²) < 4.78 is 0. The van der Waals surface area contributed by atoms with Gasteiger partial charge in [0.1, 0.15) is 12.1 Å². The van der Waals surface area contributed by atoms with Crippen LogP contribution in [-0.2, 0) is 21.5 Å². The monoisotopic (exact) mass is 406 g/mol. The summed E-state index contributed by atoms with van der Waals surface area (Å²) in [4.78, 5) is 41.4. The lowest BCUT2D eigenvalue weighted by molar-refractivity contribution is -0.135. The molecule has 1 aliphatic carbocycles. The highest BCUT2D eigenvalue weighted by Crippen LogP contribution is 2.41. The van der Waals surface area contributed by atoms with E-state index < -0.39 is 11.6 Å². The van der Waals surface area contributed by atoms with Crippen LogP contribution >= 0.6 is 0 Å². The Balaban J connectivity index is 1.43. The number of amides is 4. The molecular formula is C23H26N4O3. The van der Waals surface area contributed by atoms with Crippen LogP contribution in [0.4, 0.5) is 4.79 Å². The highest BCUT2D eigenvalue weighted by molar-refractivity contribution is 6.09. The van der Waals surface area contributed by atoms with Crippen molar-refractivity contribution in [3.8, 4) is 0 Å². The molecule has 2 unspecified atom stereocenters.